The van der Waals surface area contributed by atoms with Crippen LogP contribution in [0.5, 0.6) is 5.75 Å². The summed E-state index contributed by atoms with van der Waals surface area (Å²) >= 11 is 0. The van der Waals surface area contributed by atoms with Crippen LogP contribution < -0.4 is 0 Å². The van der Waals surface area contributed by atoms with Gasteiger partial charge >= 0.3 is 11.9 Å². The molecule has 0 fully saturated rings. The van der Waals surface area contributed by atoms with E-state index in [0.29, 0.717) is 24.8 Å². The van der Waals surface area contributed by atoms with Gasteiger partial charge in [0.15, 0.2) is 0 Å². The number of phenolic OH excluding ortho intramolecular Hbond substituents is 1. The zero-order valence-electron chi connectivity index (χ0n) is 14.0. The Balaban J connectivity index is 2.24. The average molecular weight is 318 g/mol. The van der Waals surface area contributed by atoms with Gasteiger partial charge in [-0.25, -0.2) is 4.79 Å². The van der Waals surface area contributed by atoms with Gasteiger partial charge in [-0.2, -0.15) is 0 Å². The fraction of sp³-hybridized carbons (Fsp3) is 0.444. The summed E-state index contributed by atoms with van der Waals surface area (Å²) in [5, 5.41) is 10.5. The molecule has 0 unspecified atom stereocenters. The topological polar surface area (TPSA) is 72.8 Å². The second-order valence-electron chi connectivity index (χ2n) is 5.84. The van der Waals surface area contributed by atoms with E-state index in [-0.39, 0.29) is 18.3 Å². The molecule has 5 nitrogen and oxygen atoms in total. The van der Waals surface area contributed by atoms with Crippen molar-refractivity contribution in [2.24, 2.45) is 0 Å². The minimum absolute atomic E-state index is 0.0163. The number of cyclic esters (lactones) is 1. The summed E-state index contributed by atoms with van der Waals surface area (Å²) in [5.41, 5.74) is 4.80. The first kappa shape index (κ1) is 17.1. The number of esters is 2. The molecule has 0 bridgehead atoms. The molecule has 124 valence electrons. The van der Waals surface area contributed by atoms with Gasteiger partial charge in [0.1, 0.15) is 17.9 Å². The SMILES string of the molecule is COC(=O)CC/C(C)=C/Cc1c(C)c(C)c2c(c1O)C(=O)OC2. The predicted octanol–water partition coefficient (Wildman–Crippen LogP) is 3.12. The Morgan fingerprint density at radius 2 is 2.00 bits per heavy atom. The lowest BCUT2D eigenvalue weighted by Gasteiger charge is -2.14. The van der Waals surface area contributed by atoms with Crippen molar-refractivity contribution in [3.63, 3.8) is 0 Å². The molecule has 1 heterocycles. The van der Waals surface area contributed by atoms with E-state index in [4.69, 9.17) is 4.74 Å². The van der Waals surface area contributed by atoms with E-state index in [1.807, 2.05) is 26.8 Å². The number of methoxy groups -OCH3 is 1. The molecule has 2 rings (SSSR count). The second kappa shape index (κ2) is 6.86. The Labute approximate surface area is 135 Å². The normalized spacial score (nSPS) is 13.7. The van der Waals surface area contributed by atoms with E-state index in [9.17, 15) is 14.7 Å². The van der Waals surface area contributed by atoms with Gasteiger partial charge < -0.3 is 14.6 Å². The lowest BCUT2D eigenvalue weighted by Crippen LogP contribution is -2.03. The van der Waals surface area contributed by atoms with E-state index in [1.165, 1.54) is 7.11 Å². The summed E-state index contributed by atoms with van der Waals surface area (Å²) in [6.45, 7) is 6.03. The van der Waals surface area contributed by atoms with Crippen molar-refractivity contribution in [3.05, 3.63) is 39.5 Å². The number of carbonyl (C=O) groups is 2. The number of aromatic hydroxyl groups is 1. The van der Waals surface area contributed by atoms with Crippen molar-refractivity contribution in [3.8, 4) is 5.75 Å². The fourth-order valence-electron chi connectivity index (χ4n) is 2.75. The zero-order chi connectivity index (χ0) is 17.1. The molecular weight excluding hydrogens is 296 g/mol. The van der Waals surface area contributed by atoms with E-state index >= 15 is 0 Å². The lowest BCUT2D eigenvalue weighted by atomic mass is 9.91. The number of hydrogen-bond donors (Lipinski definition) is 1. The smallest absolute Gasteiger partial charge is 0.342 e. The van der Waals surface area contributed by atoms with Crippen molar-refractivity contribution in [1.29, 1.82) is 0 Å². The van der Waals surface area contributed by atoms with E-state index in [0.717, 1.165) is 27.8 Å². The number of fused-ring (bicyclic) bond motifs is 1. The van der Waals surface area contributed by atoms with E-state index in [1.54, 1.807) is 0 Å². The van der Waals surface area contributed by atoms with Crippen molar-refractivity contribution in [1.82, 2.24) is 0 Å². The first-order valence-corrected chi connectivity index (χ1v) is 7.60. The van der Waals surface area contributed by atoms with Crippen LogP contribution in [0.3, 0.4) is 0 Å². The summed E-state index contributed by atoms with van der Waals surface area (Å²) in [4.78, 5) is 23.0. The van der Waals surface area contributed by atoms with Gasteiger partial charge in [0.05, 0.1) is 7.11 Å². The van der Waals surface area contributed by atoms with Crippen LogP contribution in [0, 0.1) is 13.8 Å². The molecule has 0 aliphatic carbocycles. The third kappa shape index (κ3) is 3.38. The number of ether oxygens (including phenoxy) is 2. The molecule has 0 saturated heterocycles. The number of allylic oxidation sites excluding steroid dienone is 2. The lowest BCUT2D eigenvalue weighted by molar-refractivity contribution is -0.140. The molecule has 1 N–H and O–H groups in total. The van der Waals surface area contributed by atoms with Crippen molar-refractivity contribution < 1.29 is 24.2 Å². The summed E-state index contributed by atoms with van der Waals surface area (Å²) < 4.78 is 9.65. The monoisotopic (exact) mass is 318 g/mol. The summed E-state index contributed by atoms with van der Waals surface area (Å²) in [7, 11) is 1.37. The van der Waals surface area contributed by atoms with Crippen LogP contribution in [0.25, 0.3) is 0 Å². The summed E-state index contributed by atoms with van der Waals surface area (Å²) in [6, 6.07) is 0. The molecule has 0 radical (unpaired) electrons. The number of hydrogen-bond acceptors (Lipinski definition) is 5. The maximum absolute atomic E-state index is 11.8. The number of carbonyl (C=O) groups excluding carboxylic acids is 2. The molecule has 1 aromatic carbocycles. The van der Waals surface area contributed by atoms with E-state index in [2.05, 4.69) is 4.74 Å². The molecule has 1 aliphatic rings. The largest absolute Gasteiger partial charge is 0.507 e. The Bertz CT molecular complexity index is 685. The van der Waals surface area contributed by atoms with Gasteiger partial charge in [0.2, 0.25) is 0 Å². The highest BCUT2D eigenvalue weighted by molar-refractivity contribution is 5.97. The van der Waals surface area contributed by atoms with Gasteiger partial charge in [-0.05, 0) is 44.7 Å². The van der Waals surface area contributed by atoms with Crippen molar-refractivity contribution in [2.75, 3.05) is 7.11 Å². The predicted molar refractivity (Wildman–Crippen MR) is 85.4 cm³/mol. The Kier molecular flexibility index (Phi) is 5.08. The highest BCUT2D eigenvalue weighted by Crippen LogP contribution is 2.37. The highest BCUT2D eigenvalue weighted by atomic mass is 16.5. The van der Waals surface area contributed by atoms with Gasteiger partial charge in [0, 0.05) is 17.5 Å². The minimum atomic E-state index is -0.465. The second-order valence-corrected chi connectivity index (χ2v) is 5.84. The van der Waals surface area contributed by atoms with Gasteiger partial charge in [-0.15, -0.1) is 0 Å². The molecule has 0 aromatic heterocycles. The Morgan fingerprint density at radius 3 is 2.65 bits per heavy atom. The molecule has 0 amide bonds. The first-order chi connectivity index (χ1) is 10.9. The maximum Gasteiger partial charge on any atom is 0.342 e. The van der Waals surface area contributed by atoms with Crippen LogP contribution in [0.15, 0.2) is 11.6 Å². The van der Waals surface area contributed by atoms with E-state index < -0.39 is 5.97 Å². The average Bonchev–Trinajstić information content (AvgIpc) is 2.92. The maximum atomic E-state index is 11.8. The van der Waals surface area contributed by atoms with Crippen LogP contribution >= 0.6 is 0 Å². The molecule has 0 saturated carbocycles. The first-order valence-electron chi connectivity index (χ1n) is 7.60. The van der Waals surface area contributed by atoms with Crippen molar-refractivity contribution in [2.45, 2.75) is 46.6 Å². The number of phenols is 1. The van der Waals surface area contributed by atoms with Crippen LogP contribution in [0.1, 0.15) is 52.4 Å². The van der Waals surface area contributed by atoms with Gasteiger partial charge in [-0.3, -0.25) is 4.79 Å². The minimum Gasteiger partial charge on any atom is -0.507 e. The molecule has 0 atom stereocenters. The summed E-state index contributed by atoms with van der Waals surface area (Å²) in [6.07, 6.45) is 3.42. The molecule has 5 heteroatoms. The third-order valence-corrected chi connectivity index (χ3v) is 4.45. The van der Waals surface area contributed by atoms with Gasteiger partial charge in [-0.1, -0.05) is 11.6 Å². The van der Waals surface area contributed by atoms with Crippen molar-refractivity contribution >= 4 is 11.9 Å². The molecular formula is C18H22O5. The Hall–Kier alpha value is -2.30. The van der Waals surface area contributed by atoms with Crippen LogP contribution in [0.2, 0.25) is 0 Å². The Morgan fingerprint density at radius 1 is 1.30 bits per heavy atom. The van der Waals surface area contributed by atoms with Crippen LogP contribution in [-0.4, -0.2) is 24.2 Å². The standard InChI is InChI=1S/C18H22O5/c1-10(6-8-15(19)22-4)5-7-13-11(2)12(3)14-9-23-18(21)16(14)17(13)20/h5,20H,6-9H2,1-4H3/b10-5+. The number of benzene rings is 1. The van der Waals surface area contributed by atoms with Crippen LogP contribution in [0.4, 0.5) is 0 Å². The zero-order valence-corrected chi connectivity index (χ0v) is 14.0. The van der Waals surface area contributed by atoms with Crippen LogP contribution in [-0.2, 0) is 27.3 Å². The molecule has 0 spiro atoms. The van der Waals surface area contributed by atoms with Gasteiger partial charge in [0.25, 0.3) is 0 Å². The third-order valence-electron chi connectivity index (χ3n) is 4.45. The number of rotatable bonds is 5. The fourth-order valence-corrected chi connectivity index (χ4v) is 2.75. The highest BCUT2D eigenvalue weighted by Gasteiger charge is 2.30. The molecule has 1 aliphatic heterocycles. The quantitative estimate of drug-likeness (QED) is 0.667. The molecule has 23 heavy (non-hydrogen) atoms. The summed E-state index contributed by atoms with van der Waals surface area (Å²) in [5.74, 6) is -0.691. The molecule has 1 aromatic rings.